The van der Waals surface area contributed by atoms with Crippen LogP contribution < -0.4 is 9.46 Å². The zero-order valence-corrected chi connectivity index (χ0v) is 11.8. The third-order valence-corrected chi connectivity index (χ3v) is 4.02. The highest BCUT2D eigenvalue weighted by atomic mass is 32.2. The molecular weight excluding hydrogens is 286 g/mol. The van der Waals surface area contributed by atoms with Gasteiger partial charge in [-0.1, -0.05) is 18.2 Å². The summed E-state index contributed by atoms with van der Waals surface area (Å²) in [5.41, 5.74) is 0.705. The van der Waals surface area contributed by atoms with Crippen LogP contribution in [0.5, 0.6) is 5.75 Å². The fourth-order valence-corrected chi connectivity index (χ4v) is 2.81. The van der Waals surface area contributed by atoms with Crippen molar-refractivity contribution >= 4 is 16.0 Å². The van der Waals surface area contributed by atoms with Crippen LogP contribution in [0.2, 0.25) is 0 Å². The zero-order valence-electron chi connectivity index (χ0n) is 10.9. The molecule has 7 nitrogen and oxygen atoms in total. The van der Waals surface area contributed by atoms with E-state index in [1.54, 1.807) is 24.3 Å². The van der Waals surface area contributed by atoms with Gasteiger partial charge < -0.3 is 14.9 Å². The number of rotatable bonds is 8. The molecule has 112 valence electrons. The minimum absolute atomic E-state index is 0.178. The van der Waals surface area contributed by atoms with E-state index in [0.29, 0.717) is 11.3 Å². The lowest BCUT2D eigenvalue weighted by molar-refractivity contribution is -0.139. The van der Waals surface area contributed by atoms with Gasteiger partial charge in [0.15, 0.2) is 0 Å². The first-order valence-electron chi connectivity index (χ1n) is 5.85. The first kappa shape index (κ1) is 16.4. The van der Waals surface area contributed by atoms with Crippen molar-refractivity contribution in [1.82, 2.24) is 4.72 Å². The summed E-state index contributed by atoms with van der Waals surface area (Å²) in [6, 6.07) is 5.43. The summed E-state index contributed by atoms with van der Waals surface area (Å²) >= 11 is 0. The second-order valence-corrected chi connectivity index (χ2v) is 5.95. The van der Waals surface area contributed by atoms with Gasteiger partial charge >= 0.3 is 5.97 Å². The van der Waals surface area contributed by atoms with Crippen molar-refractivity contribution in [1.29, 1.82) is 0 Å². The Balaban J connectivity index is 2.70. The highest BCUT2D eigenvalue weighted by Crippen LogP contribution is 2.18. The van der Waals surface area contributed by atoms with Crippen LogP contribution in [0.25, 0.3) is 0 Å². The third kappa shape index (κ3) is 4.80. The first-order chi connectivity index (χ1) is 9.39. The summed E-state index contributed by atoms with van der Waals surface area (Å²) in [5.74, 6) is -1.15. The van der Waals surface area contributed by atoms with E-state index in [-0.39, 0.29) is 12.2 Å². The number of sulfonamides is 1. The summed E-state index contributed by atoms with van der Waals surface area (Å²) in [7, 11) is -2.32. The number of aliphatic hydroxyl groups is 1. The van der Waals surface area contributed by atoms with Gasteiger partial charge in [0.2, 0.25) is 10.0 Å². The quantitative estimate of drug-likeness (QED) is 0.602. The Morgan fingerprint density at radius 3 is 2.60 bits per heavy atom. The van der Waals surface area contributed by atoms with Crippen LogP contribution in [-0.4, -0.2) is 50.1 Å². The molecule has 0 amide bonds. The molecule has 0 radical (unpaired) electrons. The second kappa shape index (κ2) is 7.22. The van der Waals surface area contributed by atoms with E-state index >= 15 is 0 Å². The summed E-state index contributed by atoms with van der Waals surface area (Å²) in [4.78, 5) is 10.7. The molecule has 1 atom stereocenters. The number of aryl methyl sites for hydroxylation is 1. The van der Waals surface area contributed by atoms with Crippen LogP contribution in [0.1, 0.15) is 5.56 Å². The van der Waals surface area contributed by atoms with E-state index in [9.17, 15) is 13.2 Å². The maximum Gasteiger partial charge on any atom is 0.324 e. The number of aliphatic hydroxyl groups excluding tert-OH is 1. The standard InChI is InChI=1S/C12H17NO6S/c1-19-11-5-3-2-4-9(11)6-7-20(17,18)13-10(8-14)12(15)16/h2-5,10,13-14H,6-8H2,1H3,(H,15,16)/t10-/m0/s1. The molecule has 0 aromatic heterocycles. The SMILES string of the molecule is COc1ccccc1CCS(=O)(=O)N[C@@H](CO)C(=O)O. The van der Waals surface area contributed by atoms with Gasteiger partial charge in [0, 0.05) is 0 Å². The van der Waals surface area contributed by atoms with Crippen LogP contribution in [0, 0.1) is 0 Å². The molecule has 0 spiro atoms. The highest BCUT2D eigenvalue weighted by molar-refractivity contribution is 7.89. The van der Waals surface area contributed by atoms with Crippen molar-refractivity contribution in [2.45, 2.75) is 12.5 Å². The number of hydrogen-bond donors (Lipinski definition) is 3. The van der Waals surface area contributed by atoms with E-state index in [1.807, 2.05) is 4.72 Å². The molecule has 1 rings (SSSR count). The molecule has 0 fully saturated rings. The van der Waals surface area contributed by atoms with Crippen LogP contribution >= 0.6 is 0 Å². The van der Waals surface area contributed by atoms with Gasteiger partial charge in [-0.25, -0.2) is 8.42 Å². The van der Waals surface area contributed by atoms with E-state index in [0.717, 1.165) is 0 Å². The molecule has 0 saturated carbocycles. The molecule has 0 aliphatic heterocycles. The summed E-state index contributed by atoms with van der Waals surface area (Å²) in [5, 5.41) is 17.5. The van der Waals surface area contributed by atoms with Crippen LogP contribution in [0.3, 0.4) is 0 Å². The minimum Gasteiger partial charge on any atom is -0.496 e. The van der Waals surface area contributed by atoms with E-state index in [2.05, 4.69) is 0 Å². The number of ether oxygens (including phenoxy) is 1. The van der Waals surface area contributed by atoms with Gasteiger partial charge in [-0.2, -0.15) is 4.72 Å². The minimum atomic E-state index is -3.81. The largest absolute Gasteiger partial charge is 0.496 e. The molecule has 20 heavy (non-hydrogen) atoms. The van der Waals surface area contributed by atoms with E-state index in [1.165, 1.54) is 7.11 Å². The number of benzene rings is 1. The lowest BCUT2D eigenvalue weighted by Crippen LogP contribution is -2.44. The normalized spacial score (nSPS) is 12.9. The Bertz CT molecular complexity index is 557. The molecule has 0 aliphatic rings. The Labute approximate surface area is 117 Å². The average molecular weight is 303 g/mol. The van der Waals surface area contributed by atoms with Crippen molar-refractivity contribution in [3.63, 3.8) is 0 Å². The number of carboxylic acids is 1. The van der Waals surface area contributed by atoms with Crippen molar-refractivity contribution in [3.05, 3.63) is 29.8 Å². The molecule has 8 heteroatoms. The molecule has 0 aliphatic carbocycles. The highest BCUT2D eigenvalue weighted by Gasteiger charge is 2.23. The van der Waals surface area contributed by atoms with Crippen molar-refractivity contribution < 1.29 is 28.2 Å². The Morgan fingerprint density at radius 1 is 1.40 bits per heavy atom. The summed E-state index contributed by atoms with van der Waals surface area (Å²) < 4.78 is 30.5. The van der Waals surface area contributed by atoms with Gasteiger partial charge in [0.25, 0.3) is 0 Å². The molecular formula is C12H17NO6S. The predicted octanol–water partition coefficient (Wildman–Crippen LogP) is -0.397. The van der Waals surface area contributed by atoms with Gasteiger partial charge in [-0.05, 0) is 18.1 Å². The smallest absolute Gasteiger partial charge is 0.324 e. The molecule has 0 saturated heterocycles. The van der Waals surface area contributed by atoms with Crippen LogP contribution in [-0.2, 0) is 21.2 Å². The predicted molar refractivity (Wildman–Crippen MR) is 72.1 cm³/mol. The third-order valence-electron chi connectivity index (χ3n) is 2.64. The number of hydrogen-bond acceptors (Lipinski definition) is 5. The Morgan fingerprint density at radius 2 is 2.05 bits per heavy atom. The molecule has 0 unspecified atom stereocenters. The van der Waals surface area contributed by atoms with E-state index in [4.69, 9.17) is 14.9 Å². The summed E-state index contributed by atoms with van der Waals surface area (Å²) in [6.07, 6.45) is 0.178. The lowest BCUT2D eigenvalue weighted by Gasteiger charge is -2.13. The number of para-hydroxylation sites is 1. The maximum atomic E-state index is 11.8. The number of methoxy groups -OCH3 is 1. The number of aliphatic carboxylic acids is 1. The van der Waals surface area contributed by atoms with Crippen LogP contribution in [0.4, 0.5) is 0 Å². The van der Waals surface area contributed by atoms with Gasteiger partial charge in [0.1, 0.15) is 11.8 Å². The van der Waals surface area contributed by atoms with Crippen molar-refractivity contribution in [2.75, 3.05) is 19.5 Å². The monoisotopic (exact) mass is 303 g/mol. The van der Waals surface area contributed by atoms with Crippen molar-refractivity contribution in [2.24, 2.45) is 0 Å². The lowest BCUT2D eigenvalue weighted by atomic mass is 10.1. The first-order valence-corrected chi connectivity index (χ1v) is 7.50. The Kier molecular flexibility index (Phi) is 5.93. The molecule has 1 aromatic carbocycles. The van der Waals surface area contributed by atoms with Crippen molar-refractivity contribution in [3.8, 4) is 5.75 Å². The number of carboxylic acid groups (broad SMARTS) is 1. The van der Waals surface area contributed by atoms with Gasteiger partial charge in [0.05, 0.1) is 19.5 Å². The Hall–Kier alpha value is -1.64. The average Bonchev–Trinajstić information content (AvgIpc) is 2.42. The molecule has 3 N–H and O–H groups in total. The maximum absolute atomic E-state index is 11.8. The topological polar surface area (TPSA) is 113 Å². The summed E-state index contributed by atoms with van der Waals surface area (Å²) in [6.45, 7) is -0.802. The van der Waals surface area contributed by atoms with Gasteiger partial charge in [-0.15, -0.1) is 0 Å². The number of carbonyl (C=O) groups is 1. The van der Waals surface area contributed by atoms with Gasteiger partial charge in [-0.3, -0.25) is 4.79 Å². The number of nitrogens with one attached hydrogen (secondary N) is 1. The molecule has 1 aromatic rings. The fourth-order valence-electron chi connectivity index (χ4n) is 1.60. The van der Waals surface area contributed by atoms with E-state index < -0.39 is 28.6 Å². The molecule has 0 heterocycles. The van der Waals surface area contributed by atoms with Crippen LogP contribution in [0.15, 0.2) is 24.3 Å². The fraction of sp³-hybridized carbons (Fsp3) is 0.417. The zero-order chi connectivity index (χ0) is 15.2. The second-order valence-electron chi connectivity index (χ2n) is 4.07. The molecule has 0 bridgehead atoms.